The molecule has 0 radical (unpaired) electrons. The first-order valence-electron chi connectivity index (χ1n) is 5.96. The number of urea groups is 1. The van der Waals surface area contributed by atoms with Crippen LogP contribution in [0.3, 0.4) is 0 Å². The molecule has 0 spiro atoms. The normalized spacial score (nSPS) is 12.0. The Labute approximate surface area is 114 Å². The summed E-state index contributed by atoms with van der Waals surface area (Å²) < 4.78 is 26.1. The van der Waals surface area contributed by atoms with E-state index < -0.39 is 17.7 Å². The summed E-state index contributed by atoms with van der Waals surface area (Å²) in [6, 6.07) is 2.80. The second-order valence-electron chi connectivity index (χ2n) is 4.38. The van der Waals surface area contributed by atoms with Gasteiger partial charge in [-0.15, -0.1) is 0 Å². The minimum atomic E-state index is -0.932. The highest BCUT2D eigenvalue weighted by Gasteiger charge is 2.18. The quantitative estimate of drug-likeness (QED) is 0.908. The molecule has 0 aliphatic rings. The van der Waals surface area contributed by atoms with Gasteiger partial charge in [0.2, 0.25) is 0 Å². The number of rotatable bonds is 3. The molecule has 5 nitrogen and oxygen atoms in total. The first-order chi connectivity index (χ1) is 9.49. The maximum Gasteiger partial charge on any atom is 0.322 e. The van der Waals surface area contributed by atoms with Crippen molar-refractivity contribution in [2.45, 2.75) is 13.0 Å². The van der Waals surface area contributed by atoms with E-state index in [-0.39, 0.29) is 6.03 Å². The van der Waals surface area contributed by atoms with Crippen molar-refractivity contribution < 1.29 is 13.6 Å². The molecule has 1 aromatic heterocycles. The number of H-pyrrole nitrogens is 1. The van der Waals surface area contributed by atoms with Crippen LogP contribution in [0.5, 0.6) is 0 Å². The van der Waals surface area contributed by atoms with Gasteiger partial charge in [-0.05, 0) is 24.6 Å². The Morgan fingerprint density at radius 1 is 1.40 bits per heavy atom. The highest BCUT2D eigenvalue weighted by molar-refractivity contribution is 5.89. The van der Waals surface area contributed by atoms with E-state index in [1.54, 1.807) is 14.0 Å². The van der Waals surface area contributed by atoms with Crippen LogP contribution in [0.4, 0.5) is 19.3 Å². The average molecular weight is 280 g/mol. The summed E-state index contributed by atoms with van der Waals surface area (Å²) in [5.41, 5.74) is 1.04. The zero-order valence-electron chi connectivity index (χ0n) is 11.0. The maximum atomic E-state index is 13.2. The van der Waals surface area contributed by atoms with Gasteiger partial charge < -0.3 is 10.2 Å². The number of hydrogen-bond acceptors (Lipinski definition) is 2. The van der Waals surface area contributed by atoms with Crippen molar-refractivity contribution in [1.82, 2.24) is 15.1 Å². The molecule has 0 fully saturated rings. The molecule has 0 saturated heterocycles. The number of aromatic nitrogens is 2. The summed E-state index contributed by atoms with van der Waals surface area (Å²) in [5.74, 6) is -1.84. The third-order valence-corrected chi connectivity index (χ3v) is 3.08. The standard InChI is InChI=1S/C13H14F2N4O/c1-8(9-3-4-11(14)12(15)5-9)19(2)13(20)18-10-6-16-17-7-10/h3-8H,1-2H3,(H,16,17)(H,18,20)/t8-/m1/s1. The van der Waals surface area contributed by atoms with Gasteiger partial charge in [0.25, 0.3) is 0 Å². The number of anilines is 1. The third-order valence-electron chi connectivity index (χ3n) is 3.08. The van der Waals surface area contributed by atoms with Gasteiger partial charge >= 0.3 is 6.03 Å². The molecule has 2 amide bonds. The number of nitrogens with zero attached hydrogens (tertiary/aromatic N) is 2. The fourth-order valence-electron chi connectivity index (χ4n) is 1.70. The molecule has 20 heavy (non-hydrogen) atoms. The average Bonchev–Trinajstić information content (AvgIpc) is 2.93. The van der Waals surface area contributed by atoms with Crippen LogP contribution in [0.25, 0.3) is 0 Å². The number of carbonyl (C=O) groups excluding carboxylic acids is 1. The van der Waals surface area contributed by atoms with Gasteiger partial charge in [-0.3, -0.25) is 5.10 Å². The van der Waals surface area contributed by atoms with Gasteiger partial charge in [0.15, 0.2) is 11.6 Å². The smallest absolute Gasteiger partial charge is 0.321 e. The molecule has 0 unspecified atom stereocenters. The van der Waals surface area contributed by atoms with Crippen molar-refractivity contribution in [2.75, 3.05) is 12.4 Å². The number of hydrogen-bond donors (Lipinski definition) is 2. The summed E-state index contributed by atoms with van der Waals surface area (Å²) in [7, 11) is 1.57. The van der Waals surface area contributed by atoms with Gasteiger partial charge in [0, 0.05) is 13.2 Å². The van der Waals surface area contributed by atoms with Crippen LogP contribution >= 0.6 is 0 Å². The lowest BCUT2D eigenvalue weighted by atomic mass is 10.1. The minimum Gasteiger partial charge on any atom is -0.321 e. The van der Waals surface area contributed by atoms with Crippen molar-refractivity contribution in [3.63, 3.8) is 0 Å². The summed E-state index contributed by atoms with van der Waals surface area (Å²) in [4.78, 5) is 13.4. The molecule has 0 aliphatic heterocycles. The zero-order chi connectivity index (χ0) is 14.7. The topological polar surface area (TPSA) is 61.0 Å². The second kappa shape index (κ2) is 5.68. The third kappa shape index (κ3) is 2.93. The van der Waals surface area contributed by atoms with Crippen LogP contribution in [0.2, 0.25) is 0 Å². The van der Waals surface area contributed by atoms with Crippen molar-refractivity contribution in [1.29, 1.82) is 0 Å². The van der Waals surface area contributed by atoms with Crippen LogP contribution in [0.15, 0.2) is 30.6 Å². The lowest BCUT2D eigenvalue weighted by molar-refractivity contribution is 0.208. The van der Waals surface area contributed by atoms with Crippen molar-refractivity contribution >= 4 is 11.7 Å². The van der Waals surface area contributed by atoms with Crippen LogP contribution in [-0.2, 0) is 0 Å². The Hall–Kier alpha value is -2.44. The van der Waals surface area contributed by atoms with Crippen LogP contribution < -0.4 is 5.32 Å². The molecular weight excluding hydrogens is 266 g/mol. The van der Waals surface area contributed by atoms with Crippen LogP contribution in [0.1, 0.15) is 18.5 Å². The van der Waals surface area contributed by atoms with Crippen molar-refractivity contribution in [2.24, 2.45) is 0 Å². The zero-order valence-corrected chi connectivity index (χ0v) is 11.0. The number of carbonyl (C=O) groups is 1. The van der Waals surface area contributed by atoms with E-state index in [1.807, 2.05) is 0 Å². The monoisotopic (exact) mass is 280 g/mol. The molecule has 0 saturated carbocycles. The summed E-state index contributed by atoms with van der Waals surface area (Å²) in [6.07, 6.45) is 3.00. The number of amides is 2. The molecule has 2 rings (SSSR count). The number of halogens is 2. The Morgan fingerprint density at radius 3 is 2.75 bits per heavy atom. The molecule has 1 heterocycles. The summed E-state index contributed by atoms with van der Waals surface area (Å²) >= 11 is 0. The van der Waals surface area contributed by atoms with E-state index in [0.29, 0.717) is 11.3 Å². The highest BCUT2D eigenvalue weighted by Crippen LogP contribution is 2.21. The fourth-order valence-corrected chi connectivity index (χ4v) is 1.70. The van der Waals surface area contributed by atoms with E-state index in [2.05, 4.69) is 15.5 Å². The molecular formula is C13H14F2N4O. The molecule has 2 N–H and O–H groups in total. The molecule has 0 aliphatic carbocycles. The molecule has 2 aromatic rings. The van der Waals surface area contributed by atoms with E-state index in [1.165, 1.54) is 23.4 Å². The lowest BCUT2D eigenvalue weighted by Crippen LogP contribution is -2.33. The molecule has 7 heteroatoms. The molecule has 1 aromatic carbocycles. The SMILES string of the molecule is C[C@H](c1ccc(F)c(F)c1)N(C)C(=O)Nc1cn[nH]c1. The second-order valence-corrected chi connectivity index (χ2v) is 4.38. The number of aromatic amines is 1. The first-order valence-corrected chi connectivity index (χ1v) is 5.96. The van der Waals surface area contributed by atoms with Gasteiger partial charge in [0.05, 0.1) is 17.9 Å². The van der Waals surface area contributed by atoms with Crippen molar-refractivity contribution in [3.05, 3.63) is 47.8 Å². The van der Waals surface area contributed by atoms with Gasteiger partial charge in [-0.25, -0.2) is 13.6 Å². The minimum absolute atomic E-state index is 0.372. The van der Waals surface area contributed by atoms with Gasteiger partial charge in [-0.1, -0.05) is 6.07 Å². The predicted molar refractivity (Wildman–Crippen MR) is 70.1 cm³/mol. The Bertz CT molecular complexity index is 600. The number of nitrogens with one attached hydrogen (secondary N) is 2. The van der Waals surface area contributed by atoms with E-state index in [4.69, 9.17) is 0 Å². The van der Waals surface area contributed by atoms with Crippen LogP contribution in [0, 0.1) is 11.6 Å². The van der Waals surface area contributed by atoms with E-state index >= 15 is 0 Å². The van der Waals surface area contributed by atoms with E-state index in [0.717, 1.165) is 12.1 Å². The van der Waals surface area contributed by atoms with Gasteiger partial charge in [0.1, 0.15) is 0 Å². The Kier molecular flexibility index (Phi) is 3.97. The highest BCUT2D eigenvalue weighted by atomic mass is 19.2. The maximum absolute atomic E-state index is 13.2. The lowest BCUT2D eigenvalue weighted by Gasteiger charge is -2.25. The first kappa shape index (κ1) is 14.0. The van der Waals surface area contributed by atoms with Gasteiger partial charge in [-0.2, -0.15) is 5.10 Å². The predicted octanol–water partition coefficient (Wildman–Crippen LogP) is 2.91. The van der Waals surface area contributed by atoms with Crippen LogP contribution in [-0.4, -0.2) is 28.2 Å². The van der Waals surface area contributed by atoms with Crippen molar-refractivity contribution in [3.8, 4) is 0 Å². The van der Waals surface area contributed by atoms with E-state index in [9.17, 15) is 13.6 Å². The summed E-state index contributed by atoms with van der Waals surface area (Å²) in [6.45, 7) is 1.72. The number of benzene rings is 1. The largest absolute Gasteiger partial charge is 0.322 e. The molecule has 106 valence electrons. The molecule has 0 bridgehead atoms. The fraction of sp³-hybridized carbons (Fsp3) is 0.231. The summed E-state index contributed by atoms with van der Waals surface area (Å²) in [5, 5.41) is 8.91. The Morgan fingerprint density at radius 2 is 2.15 bits per heavy atom. The molecule has 1 atom stereocenters. The Balaban J connectivity index is 2.09.